The molecule has 1 fully saturated rings. The van der Waals surface area contributed by atoms with Crippen LogP contribution in [-0.2, 0) is 14.6 Å². The van der Waals surface area contributed by atoms with Gasteiger partial charge in [-0.1, -0.05) is 19.1 Å². The Morgan fingerprint density at radius 1 is 1.07 bits per heavy atom. The monoisotopic (exact) mass is 407 g/mol. The molecule has 1 aliphatic heterocycles. The summed E-state index contributed by atoms with van der Waals surface area (Å²) in [6, 6.07) is 9.29. The molecule has 4 nitrogen and oxygen atoms in total. The molecule has 0 aromatic heterocycles. The minimum atomic E-state index is -3.48. The number of carbonyl (C=O) groups excluding carboxylic acids is 1. The number of benzene rings is 2. The van der Waals surface area contributed by atoms with E-state index in [4.69, 9.17) is 0 Å². The van der Waals surface area contributed by atoms with Gasteiger partial charge in [0.25, 0.3) is 0 Å². The Labute approximate surface area is 164 Å². The van der Waals surface area contributed by atoms with E-state index in [9.17, 15) is 22.0 Å². The number of carbonyl (C=O) groups is 1. The quantitative estimate of drug-likeness (QED) is 0.751. The number of piperidine rings is 1. The summed E-state index contributed by atoms with van der Waals surface area (Å²) < 4.78 is 52.4. The van der Waals surface area contributed by atoms with Crippen LogP contribution in [0.5, 0.6) is 0 Å². The molecule has 0 atom stereocenters. The lowest BCUT2D eigenvalue weighted by Crippen LogP contribution is -2.39. The Balaban J connectivity index is 1.68. The van der Waals surface area contributed by atoms with E-state index in [0.29, 0.717) is 37.9 Å². The molecule has 0 aliphatic carbocycles. The Kier molecular flexibility index (Phi) is 6.13. The summed E-state index contributed by atoms with van der Waals surface area (Å²) in [6.45, 7) is 3.01. The number of nitrogens with zero attached hydrogens (tertiary/aromatic N) is 1. The van der Waals surface area contributed by atoms with E-state index in [1.807, 2.05) is 6.92 Å². The van der Waals surface area contributed by atoms with Gasteiger partial charge < -0.3 is 4.90 Å². The minimum Gasteiger partial charge on any atom is -0.343 e. The molecule has 0 spiro atoms. The maximum Gasteiger partial charge on any atom is 0.222 e. The van der Waals surface area contributed by atoms with Crippen molar-refractivity contribution in [2.24, 2.45) is 5.92 Å². The van der Waals surface area contributed by atoms with Crippen LogP contribution in [0, 0.1) is 17.6 Å². The van der Waals surface area contributed by atoms with Gasteiger partial charge in [0.1, 0.15) is 11.6 Å². The van der Waals surface area contributed by atoms with Crippen molar-refractivity contribution in [1.82, 2.24) is 4.90 Å². The number of likely N-dealkylation sites (tertiary alicyclic amines) is 1. The van der Waals surface area contributed by atoms with Crippen LogP contribution in [0.4, 0.5) is 8.78 Å². The van der Waals surface area contributed by atoms with Crippen molar-refractivity contribution < 1.29 is 22.0 Å². The van der Waals surface area contributed by atoms with Crippen molar-refractivity contribution in [3.05, 3.63) is 54.1 Å². The average molecular weight is 407 g/mol. The fourth-order valence-electron chi connectivity index (χ4n) is 3.54. The zero-order valence-corrected chi connectivity index (χ0v) is 16.5. The number of amides is 1. The van der Waals surface area contributed by atoms with Crippen LogP contribution in [-0.4, -0.2) is 38.1 Å². The molecule has 0 unspecified atom stereocenters. The lowest BCUT2D eigenvalue weighted by atomic mass is 9.99. The molecule has 1 amide bonds. The molecule has 0 bridgehead atoms. The molecular weight excluding hydrogens is 384 g/mol. The maximum absolute atomic E-state index is 13.9. The van der Waals surface area contributed by atoms with Crippen LogP contribution in [0.1, 0.15) is 26.2 Å². The van der Waals surface area contributed by atoms with Gasteiger partial charge in [0.2, 0.25) is 5.91 Å². The molecule has 0 N–H and O–H groups in total. The van der Waals surface area contributed by atoms with E-state index in [1.54, 1.807) is 4.90 Å². The summed E-state index contributed by atoms with van der Waals surface area (Å²) in [6.07, 6.45) is 1.80. The van der Waals surface area contributed by atoms with Gasteiger partial charge in [-0.2, -0.15) is 0 Å². The fourth-order valence-corrected chi connectivity index (χ4v) is 5.24. The highest BCUT2D eigenvalue weighted by atomic mass is 32.2. The molecule has 2 aromatic carbocycles. The van der Waals surface area contributed by atoms with Gasteiger partial charge >= 0.3 is 0 Å². The summed E-state index contributed by atoms with van der Waals surface area (Å²) in [7, 11) is -3.48. The molecular formula is C21H23F2NO3S. The first-order valence-corrected chi connectivity index (χ1v) is 11.0. The average Bonchev–Trinajstić information content (AvgIpc) is 2.68. The first-order valence-electron chi connectivity index (χ1n) is 9.36. The lowest BCUT2D eigenvalue weighted by molar-refractivity contribution is -0.132. The lowest BCUT2D eigenvalue weighted by Gasteiger charge is -2.31. The standard InChI is InChI=1S/C21H23F2NO3S/c1-2-21(25)24-11-9-15(10-12-24)14-28(26,27)18-6-3-16(4-7-18)19-8-5-17(22)13-20(19)23/h3-8,13,15H,2,9-12,14H2,1H3. The first-order chi connectivity index (χ1) is 13.3. The van der Waals surface area contributed by atoms with E-state index in [1.165, 1.54) is 36.4 Å². The van der Waals surface area contributed by atoms with Gasteiger partial charge in [0.05, 0.1) is 10.6 Å². The zero-order chi connectivity index (χ0) is 20.3. The molecule has 28 heavy (non-hydrogen) atoms. The van der Waals surface area contributed by atoms with Crippen molar-refractivity contribution in [3.8, 4) is 11.1 Å². The maximum atomic E-state index is 13.9. The van der Waals surface area contributed by atoms with Crippen LogP contribution < -0.4 is 0 Å². The van der Waals surface area contributed by atoms with E-state index < -0.39 is 21.5 Å². The molecule has 0 radical (unpaired) electrons. The van der Waals surface area contributed by atoms with Gasteiger partial charge in [0.15, 0.2) is 9.84 Å². The van der Waals surface area contributed by atoms with Gasteiger partial charge in [-0.15, -0.1) is 0 Å². The largest absolute Gasteiger partial charge is 0.343 e. The summed E-state index contributed by atoms with van der Waals surface area (Å²) >= 11 is 0. The van der Waals surface area contributed by atoms with Crippen LogP contribution >= 0.6 is 0 Å². The van der Waals surface area contributed by atoms with Gasteiger partial charge in [-0.25, -0.2) is 17.2 Å². The van der Waals surface area contributed by atoms with E-state index in [-0.39, 0.29) is 28.0 Å². The Morgan fingerprint density at radius 3 is 2.29 bits per heavy atom. The van der Waals surface area contributed by atoms with Crippen LogP contribution in [0.25, 0.3) is 11.1 Å². The number of hydrogen-bond donors (Lipinski definition) is 0. The van der Waals surface area contributed by atoms with Crippen molar-refractivity contribution in [3.63, 3.8) is 0 Å². The normalized spacial score (nSPS) is 15.6. The van der Waals surface area contributed by atoms with E-state index >= 15 is 0 Å². The highest BCUT2D eigenvalue weighted by molar-refractivity contribution is 7.91. The molecule has 2 aromatic rings. The Hall–Kier alpha value is -2.28. The SMILES string of the molecule is CCC(=O)N1CCC(CS(=O)(=O)c2ccc(-c3ccc(F)cc3F)cc2)CC1. The van der Waals surface area contributed by atoms with Crippen LogP contribution in [0.2, 0.25) is 0 Å². The number of hydrogen-bond acceptors (Lipinski definition) is 3. The van der Waals surface area contributed by atoms with Crippen molar-refractivity contribution in [2.45, 2.75) is 31.1 Å². The number of rotatable bonds is 5. The summed E-state index contributed by atoms with van der Waals surface area (Å²) in [5.41, 5.74) is 0.709. The summed E-state index contributed by atoms with van der Waals surface area (Å²) in [5, 5.41) is 0. The minimum absolute atomic E-state index is 0.0140. The Morgan fingerprint density at radius 2 is 1.71 bits per heavy atom. The van der Waals surface area contributed by atoms with Crippen LogP contribution in [0.15, 0.2) is 47.4 Å². The van der Waals surface area contributed by atoms with Gasteiger partial charge in [0, 0.05) is 31.1 Å². The van der Waals surface area contributed by atoms with Crippen LogP contribution in [0.3, 0.4) is 0 Å². The highest BCUT2D eigenvalue weighted by Gasteiger charge is 2.27. The second kappa shape index (κ2) is 8.39. The van der Waals surface area contributed by atoms with E-state index in [2.05, 4.69) is 0 Å². The summed E-state index contributed by atoms with van der Waals surface area (Å²) in [4.78, 5) is 13.7. The van der Waals surface area contributed by atoms with Gasteiger partial charge in [-0.3, -0.25) is 4.79 Å². The molecule has 1 saturated heterocycles. The Bertz CT molecular complexity index is 950. The topological polar surface area (TPSA) is 54.5 Å². The molecule has 0 saturated carbocycles. The molecule has 1 heterocycles. The fraction of sp³-hybridized carbons (Fsp3) is 0.381. The second-order valence-electron chi connectivity index (χ2n) is 7.11. The van der Waals surface area contributed by atoms with Crippen molar-refractivity contribution in [2.75, 3.05) is 18.8 Å². The number of sulfone groups is 1. The third-order valence-corrected chi connectivity index (χ3v) is 7.08. The first kappa shape index (κ1) is 20.5. The molecule has 3 rings (SSSR count). The molecule has 7 heteroatoms. The van der Waals surface area contributed by atoms with Crippen molar-refractivity contribution >= 4 is 15.7 Å². The smallest absolute Gasteiger partial charge is 0.222 e. The zero-order valence-electron chi connectivity index (χ0n) is 15.7. The van der Waals surface area contributed by atoms with Gasteiger partial charge in [-0.05, 0) is 48.6 Å². The molecule has 150 valence electrons. The highest BCUT2D eigenvalue weighted by Crippen LogP contribution is 2.27. The predicted molar refractivity (Wildman–Crippen MR) is 103 cm³/mol. The van der Waals surface area contributed by atoms with Crippen molar-refractivity contribution in [1.29, 1.82) is 0 Å². The molecule has 1 aliphatic rings. The third kappa shape index (κ3) is 4.58. The van der Waals surface area contributed by atoms with E-state index in [0.717, 1.165) is 6.07 Å². The second-order valence-corrected chi connectivity index (χ2v) is 9.14. The third-order valence-electron chi connectivity index (χ3n) is 5.18. The predicted octanol–water partition coefficient (Wildman–Crippen LogP) is 4.05. The summed E-state index contributed by atoms with van der Waals surface area (Å²) in [5.74, 6) is -1.20. The number of halogens is 2.